The Balaban J connectivity index is 6.67. The highest BCUT2D eigenvalue weighted by molar-refractivity contribution is 5.78. The fourth-order valence-corrected chi connectivity index (χ4v) is 1.43. The molecule has 0 rings (SSSR count). The molecule has 0 aliphatic rings. The maximum Gasteiger partial charge on any atom is 0.462 e. The minimum atomic E-state index is -8.04. The van der Waals surface area contributed by atoms with Crippen LogP contribution in [0, 0.1) is 0 Å². The fourth-order valence-electron chi connectivity index (χ4n) is 1.43. The first-order chi connectivity index (χ1) is 14.1. The number of alkyl halides is 17. The smallest absolute Gasteiger partial charge is 0.461 e. The summed E-state index contributed by atoms with van der Waals surface area (Å²) in [6, 6.07) is 0. The lowest BCUT2D eigenvalue weighted by Crippen LogP contribution is -2.68. The van der Waals surface area contributed by atoms with Crippen molar-refractivity contribution in [3.05, 3.63) is 0 Å². The Kier molecular flexibility index (Phi) is 8.29. The van der Waals surface area contributed by atoms with Crippen molar-refractivity contribution < 1.29 is 93.6 Å². The van der Waals surface area contributed by atoms with Crippen molar-refractivity contribution in [2.24, 2.45) is 0 Å². The second kappa shape index (κ2) is 8.77. The molecule has 0 heterocycles. The molecule has 2 unspecified atom stereocenters. The first-order valence-electron chi connectivity index (χ1n) is 7.43. The van der Waals surface area contributed by atoms with Crippen LogP contribution in [0.5, 0.6) is 0 Å². The number of esters is 1. The summed E-state index contributed by atoms with van der Waals surface area (Å²) >= 11 is 0. The number of hydrogen-bond donors (Lipinski definition) is 0. The van der Waals surface area contributed by atoms with Gasteiger partial charge < -0.3 is 4.74 Å². The van der Waals surface area contributed by atoms with Crippen LogP contribution in [0.1, 0.15) is 13.3 Å². The number of carbonyl (C=O) groups is 1. The third kappa shape index (κ3) is 5.65. The van der Waals surface area contributed by atoms with Crippen molar-refractivity contribution in [2.75, 3.05) is 6.61 Å². The van der Waals surface area contributed by atoms with Crippen LogP contribution in [0.15, 0.2) is 0 Å². The van der Waals surface area contributed by atoms with Gasteiger partial charge in [-0.05, 0) is 6.42 Å². The number of ether oxygens (including phenoxy) is 3. The standard InChI is InChI=1S/C12H7F17O4/c1-2-3-31-4(30)5(13,8(17,18)19)32-12(28,29)7(16,10(23,24)25)33-11(26,27)6(14,15)9(20,21)22/h2-3H2,1H3. The van der Waals surface area contributed by atoms with Crippen molar-refractivity contribution in [3.8, 4) is 0 Å². The average molecular weight is 538 g/mol. The summed E-state index contributed by atoms with van der Waals surface area (Å²) in [6.07, 6.45) is -39.0. The summed E-state index contributed by atoms with van der Waals surface area (Å²) in [6.45, 7) is -0.273. The molecule has 0 aliphatic heterocycles. The van der Waals surface area contributed by atoms with Gasteiger partial charge in [-0.25, -0.2) is 4.79 Å². The summed E-state index contributed by atoms with van der Waals surface area (Å²) in [7, 11) is 0. The van der Waals surface area contributed by atoms with Gasteiger partial charge in [-0.3, -0.25) is 9.47 Å². The first kappa shape index (κ1) is 31.2. The Morgan fingerprint density at radius 3 is 1.33 bits per heavy atom. The van der Waals surface area contributed by atoms with E-state index in [1.165, 1.54) is 4.74 Å². The monoisotopic (exact) mass is 538 g/mol. The van der Waals surface area contributed by atoms with Crippen LogP contribution >= 0.6 is 0 Å². The molecule has 198 valence electrons. The maximum atomic E-state index is 13.9. The van der Waals surface area contributed by atoms with E-state index in [1.807, 2.05) is 0 Å². The molecule has 33 heavy (non-hydrogen) atoms. The summed E-state index contributed by atoms with van der Waals surface area (Å²) in [5.41, 5.74) is 0. The van der Waals surface area contributed by atoms with Crippen LogP contribution in [-0.2, 0) is 19.0 Å². The molecule has 0 fully saturated rings. The molecule has 0 radical (unpaired) electrons. The number of halogens is 17. The third-order valence-electron chi connectivity index (χ3n) is 3.06. The largest absolute Gasteiger partial charge is 0.462 e. The van der Waals surface area contributed by atoms with Crippen molar-refractivity contribution in [3.63, 3.8) is 0 Å². The SMILES string of the molecule is CCCOC(=O)C(F)(OC(F)(F)C(F)(OC(F)(F)C(F)(F)C(F)(F)F)C(F)(F)F)C(F)(F)F. The molecule has 0 aromatic heterocycles. The van der Waals surface area contributed by atoms with Gasteiger partial charge in [0.2, 0.25) is 0 Å². The minimum Gasteiger partial charge on any atom is -0.461 e. The average Bonchev–Trinajstić information content (AvgIpc) is 2.55. The Labute approximate surface area is 169 Å². The molecule has 0 saturated carbocycles. The Bertz CT molecular complexity index is 696. The molecule has 0 aromatic carbocycles. The highest BCUT2D eigenvalue weighted by Crippen LogP contribution is 2.56. The van der Waals surface area contributed by atoms with Crippen LogP contribution in [0.2, 0.25) is 0 Å². The fraction of sp³-hybridized carbons (Fsp3) is 0.917. The van der Waals surface area contributed by atoms with Crippen LogP contribution < -0.4 is 0 Å². The molecule has 0 N–H and O–H groups in total. The number of rotatable bonds is 9. The highest BCUT2D eigenvalue weighted by Gasteiger charge is 2.85. The summed E-state index contributed by atoms with van der Waals surface area (Å²) < 4.78 is 225. The molecule has 0 aromatic rings. The molecule has 21 heteroatoms. The van der Waals surface area contributed by atoms with Gasteiger partial charge in [0.15, 0.2) is 0 Å². The van der Waals surface area contributed by atoms with E-state index in [9.17, 15) is 79.4 Å². The van der Waals surface area contributed by atoms with Crippen molar-refractivity contribution in [2.45, 2.75) is 61.7 Å². The lowest BCUT2D eigenvalue weighted by Gasteiger charge is -2.39. The van der Waals surface area contributed by atoms with Gasteiger partial charge in [-0.15, -0.1) is 0 Å². The molecule has 4 nitrogen and oxygen atoms in total. The second-order valence-electron chi connectivity index (χ2n) is 5.63. The normalized spacial score (nSPS) is 18.5. The molecule has 0 aliphatic carbocycles. The van der Waals surface area contributed by atoms with Gasteiger partial charge in [-0.2, -0.15) is 74.6 Å². The van der Waals surface area contributed by atoms with Gasteiger partial charge in [0.05, 0.1) is 6.61 Å². The predicted octanol–water partition coefficient (Wildman–Crippen LogP) is 5.81. The zero-order chi connectivity index (χ0) is 27.1. The Hall–Kier alpha value is -1.80. The van der Waals surface area contributed by atoms with Gasteiger partial charge in [0.25, 0.3) is 0 Å². The highest BCUT2D eigenvalue weighted by atomic mass is 19.4. The van der Waals surface area contributed by atoms with E-state index in [4.69, 9.17) is 0 Å². The predicted molar refractivity (Wildman–Crippen MR) is 64.1 cm³/mol. The van der Waals surface area contributed by atoms with E-state index in [0.29, 0.717) is 0 Å². The zero-order valence-electron chi connectivity index (χ0n) is 15.0. The van der Waals surface area contributed by atoms with Crippen LogP contribution in [0.3, 0.4) is 0 Å². The van der Waals surface area contributed by atoms with Gasteiger partial charge in [-0.1, -0.05) is 6.92 Å². The van der Waals surface area contributed by atoms with E-state index >= 15 is 0 Å². The van der Waals surface area contributed by atoms with Crippen LogP contribution in [0.4, 0.5) is 74.6 Å². The molecule has 2 atom stereocenters. The third-order valence-corrected chi connectivity index (χ3v) is 3.06. The van der Waals surface area contributed by atoms with Crippen LogP contribution in [0.25, 0.3) is 0 Å². The second-order valence-corrected chi connectivity index (χ2v) is 5.63. The van der Waals surface area contributed by atoms with Crippen molar-refractivity contribution >= 4 is 5.97 Å². The van der Waals surface area contributed by atoms with E-state index in [-0.39, 0.29) is 0 Å². The van der Waals surface area contributed by atoms with Crippen molar-refractivity contribution in [1.82, 2.24) is 0 Å². The van der Waals surface area contributed by atoms with E-state index < -0.39 is 67.4 Å². The van der Waals surface area contributed by atoms with Gasteiger partial charge in [0.1, 0.15) is 0 Å². The molecule has 0 saturated heterocycles. The quantitative estimate of drug-likeness (QED) is 0.275. The van der Waals surface area contributed by atoms with E-state index in [0.717, 1.165) is 6.92 Å². The lowest BCUT2D eigenvalue weighted by atomic mass is 10.2. The lowest BCUT2D eigenvalue weighted by molar-refractivity contribution is -0.548. The van der Waals surface area contributed by atoms with Gasteiger partial charge >= 0.3 is 54.3 Å². The zero-order valence-corrected chi connectivity index (χ0v) is 15.0. The maximum absolute atomic E-state index is 13.9. The summed E-state index contributed by atoms with van der Waals surface area (Å²) in [4.78, 5) is 11.1. The van der Waals surface area contributed by atoms with Gasteiger partial charge in [0, 0.05) is 0 Å². The van der Waals surface area contributed by atoms with Crippen molar-refractivity contribution in [1.29, 1.82) is 0 Å². The molecule has 0 amide bonds. The van der Waals surface area contributed by atoms with E-state index in [1.54, 1.807) is 4.74 Å². The molecular weight excluding hydrogens is 531 g/mol. The number of carbonyl (C=O) groups excluding carboxylic acids is 1. The molecule has 0 spiro atoms. The molecule has 0 bridgehead atoms. The summed E-state index contributed by atoms with van der Waals surface area (Å²) in [5.74, 6) is -26.3. The Morgan fingerprint density at radius 1 is 0.606 bits per heavy atom. The Morgan fingerprint density at radius 2 is 1.03 bits per heavy atom. The van der Waals surface area contributed by atoms with Crippen LogP contribution in [-0.4, -0.2) is 61.0 Å². The van der Waals surface area contributed by atoms with E-state index in [2.05, 4.69) is 4.74 Å². The topological polar surface area (TPSA) is 44.8 Å². The number of hydrogen-bond acceptors (Lipinski definition) is 4. The summed E-state index contributed by atoms with van der Waals surface area (Å²) in [5, 5.41) is 0. The first-order valence-corrected chi connectivity index (χ1v) is 7.43. The molecular formula is C12H7F17O4. The minimum absolute atomic E-state index is 0.493.